The summed E-state index contributed by atoms with van der Waals surface area (Å²) in [5.74, 6) is 1.30. The van der Waals surface area contributed by atoms with Crippen molar-refractivity contribution < 1.29 is 0 Å². The van der Waals surface area contributed by atoms with Gasteiger partial charge in [0.25, 0.3) is 0 Å². The van der Waals surface area contributed by atoms with Gasteiger partial charge in [0, 0.05) is 5.56 Å². The molecule has 100 valence electrons. The number of nitrogens with one attached hydrogen (secondary N) is 1. The van der Waals surface area contributed by atoms with E-state index in [1.165, 1.54) is 6.33 Å². The zero-order valence-electron chi connectivity index (χ0n) is 10.6. The molecular formula is C13H14Cl2N4. The van der Waals surface area contributed by atoms with Crippen LogP contribution in [0.15, 0.2) is 24.5 Å². The first kappa shape index (κ1) is 13.9. The fourth-order valence-electron chi connectivity index (χ4n) is 1.81. The van der Waals surface area contributed by atoms with Crippen LogP contribution >= 0.6 is 23.2 Å². The van der Waals surface area contributed by atoms with Gasteiger partial charge in [0.05, 0.1) is 15.7 Å². The molecule has 1 aromatic heterocycles. The van der Waals surface area contributed by atoms with Gasteiger partial charge in [-0.05, 0) is 18.1 Å². The SMILES string of the molecule is CC(C)c1c(N)ncnc1Nc1cccc(Cl)c1Cl. The number of aromatic nitrogens is 2. The van der Waals surface area contributed by atoms with Crippen LogP contribution in [0.3, 0.4) is 0 Å². The summed E-state index contributed by atoms with van der Waals surface area (Å²) in [5, 5.41) is 4.10. The van der Waals surface area contributed by atoms with Gasteiger partial charge in [-0.15, -0.1) is 0 Å². The number of nitrogens with zero attached hydrogens (tertiary/aromatic N) is 2. The number of benzene rings is 1. The Bertz CT molecular complexity index is 599. The molecule has 0 saturated carbocycles. The van der Waals surface area contributed by atoms with Crippen LogP contribution in [0.2, 0.25) is 10.0 Å². The first-order valence-corrected chi connectivity index (χ1v) is 6.57. The van der Waals surface area contributed by atoms with Crippen LogP contribution in [0.5, 0.6) is 0 Å². The van der Waals surface area contributed by atoms with Crippen molar-refractivity contribution in [2.45, 2.75) is 19.8 Å². The number of nitrogen functional groups attached to an aromatic ring is 1. The highest BCUT2D eigenvalue weighted by atomic mass is 35.5. The van der Waals surface area contributed by atoms with E-state index in [2.05, 4.69) is 15.3 Å². The van der Waals surface area contributed by atoms with Crippen LogP contribution in [0, 0.1) is 0 Å². The Morgan fingerprint density at radius 3 is 2.63 bits per heavy atom. The molecular weight excluding hydrogens is 283 g/mol. The van der Waals surface area contributed by atoms with Gasteiger partial charge in [0.15, 0.2) is 0 Å². The maximum absolute atomic E-state index is 6.15. The lowest BCUT2D eigenvalue weighted by Crippen LogP contribution is -2.06. The average molecular weight is 297 g/mol. The minimum absolute atomic E-state index is 0.196. The second-order valence-corrected chi connectivity index (χ2v) is 5.19. The lowest BCUT2D eigenvalue weighted by Gasteiger charge is -2.15. The van der Waals surface area contributed by atoms with Crippen LogP contribution in [0.4, 0.5) is 17.3 Å². The van der Waals surface area contributed by atoms with Crippen LogP contribution in [0.25, 0.3) is 0 Å². The summed E-state index contributed by atoms with van der Waals surface area (Å²) in [6, 6.07) is 5.37. The minimum atomic E-state index is 0.196. The molecule has 3 N–H and O–H groups in total. The fourth-order valence-corrected chi connectivity index (χ4v) is 2.15. The van der Waals surface area contributed by atoms with Gasteiger partial charge >= 0.3 is 0 Å². The Morgan fingerprint density at radius 1 is 1.21 bits per heavy atom. The molecule has 19 heavy (non-hydrogen) atoms. The third-order valence-electron chi connectivity index (χ3n) is 2.70. The summed E-state index contributed by atoms with van der Waals surface area (Å²) in [4.78, 5) is 8.23. The van der Waals surface area contributed by atoms with E-state index in [9.17, 15) is 0 Å². The quantitative estimate of drug-likeness (QED) is 0.889. The Balaban J connectivity index is 2.44. The first-order valence-electron chi connectivity index (χ1n) is 5.82. The molecule has 0 aliphatic heterocycles. The number of anilines is 3. The Labute approximate surface area is 122 Å². The summed E-state index contributed by atoms with van der Waals surface area (Å²) in [5.41, 5.74) is 7.44. The topological polar surface area (TPSA) is 63.8 Å². The lowest BCUT2D eigenvalue weighted by atomic mass is 10.0. The molecule has 1 heterocycles. The molecule has 0 bridgehead atoms. The van der Waals surface area contributed by atoms with Crippen molar-refractivity contribution in [3.05, 3.63) is 40.1 Å². The van der Waals surface area contributed by atoms with Crippen molar-refractivity contribution in [3.63, 3.8) is 0 Å². The van der Waals surface area contributed by atoms with Gasteiger partial charge in [-0.3, -0.25) is 0 Å². The van der Waals surface area contributed by atoms with Crippen LogP contribution in [0.1, 0.15) is 25.3 Å². The van der Waals surface area contributed by atoms with E-state index < -0.39 is 0 Å². The second-order valence-electron chi connectivity index (χ2n) is 4.40. The zero-order chi connectivity index (χ0) is 14.0. The fraction of sp³-hybridized carbons (Fsp3) is 0.231. The first-order chi connectivity index (χ1) is 9.00. The minimum Gasteiger partial charge on any atom is -0.383 e. The Kier molecular flexibility index (Phi) is 4.12. The maximum Gasteiger partial charge on any atom is 0.139 e. The molecule has 0 saturated heterocycles. The molecule has 6 heteroatoms. The third-order valence-corrected chi connectivity index (χ3v) is 3.52. The molecule has 0 aliphatic rings. The van der Waals surface area contributed by atoms with E-state index in [1.54, 1.807) is 6.07 Å². The van der Waals surface area contributed by atoms with Gasteiger partial charge < -0.3 is 11.1 Å². The number of nitrogens with two attached hydrogens (primary N) is 1. The summed E-state index contributed by atoms with van der Waals surface area (Å²) >= 11 is 12.1. The second kappa shape index (κ2) is 5.63. The maximum atomic E-state index is 6.15. The number of halogens is 2. The van der Waals surface area contributed by atoms with Crippen LogP contribution in [-0.4, -0.2) is 9.97 Å². The van der Waals surface area contributed by atoms with Crippen LogP contribution in [-0.2, 0) is 0 Å². The van der Waals surface area contributed by atoms with E-state index in [-0.39, 0.29) is 5.92 Å². The van der Waals surface area contributed by atoms with E-state index in [1.807, 2.05) is 26.0 Å². The molecule has 0 atom stereocenters. The molecule has 0 unspecified atom stereocenters. The molecule has 0 aliphatic carbocycles. The lowest BCUT2D eigenvalue weighted by molar-refractivity contribution is 0.855. The predicted molar refractivity (Wildman–Crippen MR) is 80.3 cm³/mol. The summed E-state index contributed by atoms with van der Waals surface area (Å²) < 4.78 is 0. The summed E-state index contributed by atoms with van der Waals surface area (Å²) in [7, 11) is 0. The van der Waals surface area contributed by atoms with E-state index in [0.29, 0.717) is 27.4 Å². The van der Waals surface area contributed by atoms with E-state index in [0.717, 1.165) is 5.56 Å². The Morgan fingerprint density at radius 2 is 1.95 bits per heavy atom. The van der Waals surface area contributed by atoms with Gasteiger partial charge in [-0.25, -0.2) is 9.97 Å². The van der Waals surface area contributed by atoms with E-state index >= 15 is 0 Å². The van der Waals surface area contributed by atoms with Crippen molar-refractivity contribution in [1.82, 2.24) is 9.97 Å². The molecule has 1 aromatic carbocycles. The average Bonchev–Trinajstić information content (AvgIpc) is 2.34. The predicted octanol–water partition coefficient (Wildman–Crippen LogP) is 4.23. The highest BCUT2D eigenvalue weighted by Crippen LogP contribution is 2.34. The smallest absolute Gasteiger partial charge is 0.139 e. The number of hydrogen-bond acceptors (Lipinski definition) is 4. The molecule has 0 fully saturated rings. The van der Waals surface area contributed by atoms with Crippen molar-refractivity contribution >= 4 is 40.5 Å². The molecule has 0 radical (unpaired) electrons. The highest BCUT2D eigenvalue weighted by molar-refractivity contribution is 6.43. The van der Waals surface area contributed by atoms with Gasteiger partial charge in [0.1, 0.15) is 18.0 Å². The van der Waals surface area contributed by atoms with Crippen molar-refractivity contribution in [3.8, 4) is 0 Å². The highest BCUT2D eigenvalue weighted by Gasteiger charge is 2.14. The molecule has 0 spiro atoms. The number of hydrogen-bond donors (Lipinski definition) is 2. The van der Waals surface area contributed by atoms with Crippen LogP contribution < -0.4 is 11.1 Å². The molecule has 0 amide bonds. The monoisotopic (exact) mass is 296 g/mol. The van der Waals surface area contributed by atoms with Crippen molar-refractivity contribution in [1.29, 1.82) is 0 Å². The van der Waals surface area contributed by atoms with Gasteiger partial charge in [0.2, 0.25) is 0 Å². The van der Waals surface area contributed by atoms with Crippen molar-refractivity contribution in [2.75, 3.05) is 11.1 Å². The van der Waals surface area contributed by atoms with E-state index in [4.69, 9.17) is 28.9 Å². The van der Waals surface area contributed by atoms with Gasteiger partial charge in [-0.1, -0.05) is 43.1 Å². The Hall–Kier alpha value is -1.52. The number of rotatable bonds is 3. The van der Waals surface area contributed by atoms with Gasteiger partial charge in [-0.2, -0.15) is 0 Å². The standard InChI is InChI=1S/C13H14Cl2N4/c1-7(2)10-12(16)17-6-18-13(10)19-9-5-3-4-8(14)11(9)15/h3-7H,1-2H3,(H3,16,17,18,19). The summed E-state index contributed by atoms with van der Waals surface area (Å²) in [6.45, 7) is 4.06. The third kappa shape index (κ3) is 2.91. The normalized spacial score (nSPS) is 10.8. The molecule has 2 aromatic rings. The largest absolute Gasteiger partial charge is 0.383 e. The molecule has 2 rings (SSSR count). The molecule has 4 nitrogen and oxygen atoms in total. The zero-order valence-corrected chi connectivity index (χ0v) is 12.1. The van der Waals surface area contributed by atoms with Crippen molar-refractivity contribution in [2.24, 2.45) is 0 Å². The summed E-state index contributed by atoms with van der Waals surface area (Å²) in [6.07, 6.45) is 1.42.